The number of hydrogen-bond donors (Lipinski definition) is 2. The SMILES string of the molecule is CC(C)(O)C1=CCCC[C@@H]1O. The number of aliphatic hydroxyl groups is 2. The Morgan fingerprint density at radius 2 is 2.18 bits per heavy atom. The van der Waals surface area contributed by atoms with Crippen LogP contribution in [0.1, 0.15) is 33.1 Å². The fraction of sp³-hybridized carbons (Fsp3) is 0.778. The van der Waals surface area contributed by atoms with Gasteiger partial charge in [0.15, 0.2) is 0 Å². The Bertz CT molecular complexity index is 165. The van der Waals surface area contributed by atoms with E-state index in [1.807, 2.05) is 6.08 Å². The third kappa shape index (κ3) is 2.04. The summed E-state index contributed by atoms with van der Waals surface area (Å²) in [5.74, 6) is 0. The van der Waals surface area contributed by atoms with Crippen molar-refractivity contribution in [3.8, 4) is 0 Å². The van der Waals surface area contributed by atoms with Crippen molar-refractivity contribution in [2.45, 2.75) is 44.8 Å². The van der Waals surface area contributed by atoms with E-state index in [2.05, 4.69) is 0 Å². The van der Waals surface area contributed by atoms with Crippen LogP contribution in [0.5, 0.6) is 0 Å². The molecule has 2 nitrogen and oxygen atoms in total. The van der Waals surface area contributed by atoms with Gasteiger partial charge in [-0.2, -0.15) is 0 Å². The van der Waals surface area contributed by atoms with Gasteiger partial charge in [-0.05, 0) is 38.7 Å². The standard InChI is InChI=1S/C9H16O2/c1-9(2,11)7-5-3-4-6-8(7)10/h5,8,10-11H,3-4,6H2,1-2H3/t8-/m0/s1. The minimum absolute atomic E-state index is 0.427. The Morgan fingerprint density at radius 3 is 2.55 bits per heavy atom. The number of hydrogen-bond acceptors (Lipinski definition) is 2. The average Bonchev–Trinajstić information content (AvgIpc) is 1.86. The highest BCUT2D eigenvalue weighted by atomic mass is 16.3. The van der Waals surface area contributed by atoms with Crippen molar-refractivity contribution in [3.05, 3.63) is 11.6 Å². The van der Waals surface area contributed by atoms with Crippen molar-refractivity contribution < 1.29 is 10.2 Å². The normalized spacial score (nSPS) is 26.5. The molecular weight excluding hydrogens is 140 g/mol. The minimum Gasteiger partial charge on any atom is -0.389 e. The van der Waals surface area contributed by atoms with Gasteiger partial charge in [0.05, 0.1) is 11.7 Å². The Labute approximate surface area is 67.6 Å². The molecule has 1 rings (SSSR count). The molecule has 2 heteroatoms. The van der Waals surface area contributed by atoms with Gasteiger partial charge in [-0.25, -0.2) is 0 Å². The predicted octanol–water partition coefficient (Wildman–Crippen LogP) is 1.23. The highest BCUT2D eigenvalue weighted by Crippen LogP contribution is 2.26. The summed E-state index contributed by atoms with van der Waals surface area (Å²) in [6.07, 6.45) is 4.32. The molecule has 1 aliphatic carbocycles. The molecule has 0 aliphatic heterocycles. The van der Waals surface area contributed by atoms with Gasteiger partial charge in [0, 0.05) is 0 Å². The Balaban J connectivity index is 2.76. The van der Waals surface area contributed by atoms with E-state index in [0.717, 1.165) is 24.8 Å². The van der Waals surface area contributed by atoms with Crippen LogP contribution in [0.4, 0.5) is 0 Å². The fourth-order valence-corrected chi connectivity index (χ4v) is 1.52. The highest BCUT2D eigenvalue weighted by Gasteiger charge is 2.26. The van der Waals surface area contributed by atoms with Crippen LogP contribution < -0.4 is 0 Å². The van der Waals surface area contributed by atoms with Crippen LogP contribution in [0.15, 0.2) is 11.6 Å². The maximum Gasteiger partial charge on any atom is 0.0825 e. The monoisotopic (exact) mass is 156 g/mol. The molecule has 0 saturated heterocycles. The molecule has 1 aliphatic rings. The van der Waals surface area contributed by atoms with Crippen molar-refractivity contribution in [3.63, 3.8) is 0 Å². The summed E-state index contributed by atoms with van der Waals surface area (Å²) in [7, 11) is 0. The van der Waals surface area contributed by atoms with Crippen molar-refractivity contribution >= 4 is 0 Å². The lowest BCUT2D eigenvalue weighted by atomic mass is 9.86. The quantitative estimate of drug-likeness (QED) is 0.560. The van der Waals surface area contributed by atoms with Crippen LogP contribution in [-0.2, 0) is 0 Å². The Morgan fingerprint density at radius 1 is 1.55 bits per heavy atom. The zero-order valence-electron chi connectivity index (χ0n) is 7.17. The van der Waals surface area contributed by atoms with Gasteiger partial charge in [-0.1, -0.05) is 6.08 Å². The summed E-state index contributed by atoms with van der Waals surface area (Å²) in [6, 6.07) is 0. The van der Waals surface area contributed by atoms with E-state index in [-0.39, 0.29) is 0 Å². The summed E-state index contributed by atoms with van der Waals surface area (Å²) in [6.45, 7) is 3.43. The summed E-state index contributed by atoms with van der Waals surface area (Å²) in [5.41, 5.74) is -0.0661. The first kappa shape index (κ1) is 8.75. The summed E-state index contributed by atoms with van der Waals surface area (Å²) >= 11 is 0. The molecule has 64 valence electrons. The molecule has 0 aromatic heterocycles. The van der Waals surface area contributed by atoms with Crippen molar-refractivity contribution in [1.29, 1.82) is 0 Å². The predicted molar refractivity (Wildman–Crippen MR) is 44.2 cm³/mol. The molecule has 0 aromatic carbocycles. The van der Waals surface area contributed by atoms with Crippen molar-refractivity contribution in [1.82, 2.24) is 0 Å². The molecule has 0 spiro atoms. The van der Waals surface area contributed by atoms with Gasteiger partial charge < -0.3 is 10.2 Å². The lowest BCUT2D eigenvalue weighted by Crippen LogP contribution is -2.31. The number of rotatable bonds is 1. The van der Waals surface area contributed by atoms with E-state index in [4.69, 9.17) is 0 Å². The molecule has 0 fully saturated rings. The summed E-state index contributed by atoms with van der Waals surface area (Å²) < 4.78 is 0. The molecule has 0 aromatic rings. The molecule has 0 radical (unpaired) electrons. The molecule has 0 heterocycles. The lowest BCUT2D eigenvalue weighted by Gasteiger charge is -2.28. The fourth-order valence-electron chi connectivity index (χ4n) is 1.52. The first-order valence-corrected chi connectivity index (χ1v) is 4.13. The van der Waals surface area contributed by atoms with Crippen LogP contribution in [0.25, 0.3) is 0 Å². The van der Waals surface area contributed by atoms with E-state index in [1.54, 1.807) is 13.8 Å². The van der Waals surface area contributed by atoms with Gasteiger partial charge in [0.25, 0.3) is 0 Å². The second-order valence-electron chi connectivity index (χ2n) is 3.67. The van der Waals surface area contributed by atoms with Crippen LogP contribution in [0.2, 0.25) is 0 Å². The second kappa shape index (κ2) is 2.95. The van der Waals surface area contributed by atoms with E-state index in [0.29, 0.717) is 0 Å². The topological polar surface area (TPSA) is 40.5 Å². The number of allylic oxidation sites excluding steroid dienone is 1. The molecule has 0 saturated carbocycles. The minimum atomic E-state index is -0.847. The van der Waals surface area contributed by atoms with Crippen LogP contribution in [0, 0.1) is 0 Å². The molecule has 2 N–H and O–H groups in total. The summed E-state index contributed by atoms with van der Waals surface area (Å²) in [4.78, 5) is 0. The molecule has 11 heavy (non-hydrogen) atoms. The van der Waals surface area contributed by atoms with Crippen LogP contribution >= 0.6 is 0 Å². The van der Waals surface area contributed by atoms with Gasteiger partial charge in [-0.3, -0.25) is 0 Å². The Kier molecular flexibility index (Phi) is 2.35. The molecule has 0 bridgehead atoms. The smallest absolute Gasteiger partial charge is 0.0825 e. The van der Waals surface area contributed by atoms with Crippen molar-refractivity contribution in [2.75, 3.05) is 0 Å². The van der Waals surface area contributed by atoms with E-state index in [9.17, 15) is 10.2 Å². The zero-order chi connectivity index (χ0) is 8.48. The third-order valence-corrected chi connectivity index (χ3v) is 2.11. The van der Waals surface area contributed by atoms with E-state index >= 15 is 0 Å². The first-order chi connectivity index (χ1) is 5.02. The van der Waals surface area contributed by atoms with Gasteiger partial charge in [0.2, 0.25) is 0 Å². The highest BCUT2D eigenvalue weighted by molar-refractivity contribution is 5.20. The second-order valence-corrected chi connectivity index (χ2v) is 3.67. The Hall–Kier alpha value is -0.340. The maximum atomic E-state index is 9.58. The van der Waals surface area contributed by atoms with Gasteiger partial charge in [-0.15, -0.1) is 0 Å². The number of aliphatic hydroxyl groups excluding tert-OH is 1. The average molecular weight is 156 g/mol. The van der Waals surface area contributed by atoms with E-state index < -0.39 is 11.7 Å². The third-order valence-electron chi connectivity index (χ3n) is 2.11. The molecule has 1 atom stereocenters. The molecule has 0 unspecified atom stereocenters. The summed E-state index contributed by atoms with van der Waals surface area (Å²) in [5, 5.41) is 19.1. The zero-order valence-corrected chi connectivity index (χ0v) is 7.17. The van der Waals surface area contributed by atoms with E-state index in [1.165, 1.54) is 0 Å². The lowest BCUT2D eigenvalue weighted by molar-refractivity contribution is 0.0732. The molecule has 0 amide bonds. The van der Waals surface area contributed by atoms with Crippen molar-refractivity contribution in [2.24, 2.45) is 0 Å². The first-order valence-electron chi connectivity index (χ1n) is 4.13. The van der Waals surface area contributed by atoms with Gasteiger partial charge in [0.1, 0.15) is 0 Å². The maximum absolute atomic E-state index is 9.58. The van der Waals surface area contributed by atoms with Gasteiger partial charge >= 0.3 is 0 Å². The molecular formula is C9H16O2. The van der Waals surface area contributed by atoms with Crippen LogP contribution in [-0.4, -0.2) is 21.9 Å². The van der Waals surface area contributed by atoms with Crippen LogP contribution in [0.3, 0.4) is 0 Å². The largest absolute Gasteiger partial charge is 0.389 e.